The van der Waals surface area contributed by atoms with Crippen LogP contribution in [-0.4, -0.2) is 55.5 Å². The van der Waals surface area contributed by atoms with Crippen LogP contribution in [0.5, 0.6) is 5.88 Å². The van der Waals surface area contributed by atoms with Gasteiger partial charge in [-0.1, -0.05) is 13.0 Å². The van der Waals surface area contributed by atoms with Gasteiger partial charge in [0.15, 0.2) is 5.96 Å². The Kier molecular flexibility index (Phi) is 8.18. The number of aromatic nitrogens is 1. The largest absolute Gasteiger partial charge is 0.478 e. The van der Waals surface area contributed by atoms with Crippen LogP contribution in [0.4, 0.5) is 0 Å². The number of nitrogens with zero attached hydrogens (tertiary/aromatic N) is 3. The molecule has 0 radical (unpaired) electrons. The number of carbonyl (C=O) groups is 1. The van der Waals surface area contributed by atoms with Crippen molar-refractivity contribution in [2.75, 3.05) is 33.8 Å². The van der Waals surface area contributed by atoms with Crippen molar-refractivity contribution >= 4 is 11.9 Å². The fraction of sp³-hybridized carbons (Fsp3) is 0.632. The molecule has 0 aromatic carbocycles. The van der Waals surface area contributed by atoms with E-state index in [0.717, 1.165) is 43.9 Å². The lowest BCUT2D eigenvalue weighted by Gasteiger charge is -2.34. The molecule has 7 heteroatoms. The molecule has 0 bridgehead atoms. The molecule has 2 heterocycles. The fourth-order valence-corrected chi connectivity index (χ4v) is 3.03. The molecule has 1 aliphatic heterocycles. The van der Waals surface area contributed by atoms with Crippen LogP contribution in [0.15, 0.2) is 23.3 Å². The van der Waals surface area contributed by atoms with Crippen molar-refractivity contribution in [3.63, 3.8) is 0 Å². The highest BCUT2D eigenvalue weighted by Gasteiger charge is 2.22. The highest BCUT2D eigenvalue weighted by molar-refractivity contribution is 5.80. The molecule has 2 rings (SSSR count). The van der Waals surface area contributed by atoms with E-state index < -0.39 is 0 Å². The minimum atomic E-state index is 0.129. The fourth-order valence-electron chi connectivity index (χ4n) is 3.03. The number of guanidine groups is 1. The van der Waals surface area contributed by atoms with E-state index >= 15 is 0 Å². The van der Waals surface area contributed by atoms with Gasteiger partial charge in [0.25, 0.3) is 0 Å². The van der Waals surface area contributed by atoms with Gasteiger partial charge in [0.05, 0.1) is 6.61 Å². The molecular weight excluding hydrogens is 330 g/mol. The zero-order valence-electron chi connectivity index (χ0n) is 16.1. The van der Waals surface area contributed by atoms with E-state index in [-0.39, 0.29) is 5.91 Å². The number of ether oxygens (including phenoxy) is 1. The van der Waals surface area contributed by atoms with Crippen molar-refractivity contribution in [2.24, 2.45) is 10.9 Å². The molecule has 1 fully saturated rings. The van der Waals surface area contributed by atoms with Crippen molar-refractivity contribution in [1.29, 1.82) is 0 Å². The normalized spacial score (nSPS) is 15.7. The highest BCUT2D eigenvalue weighted by atomic mass is 16.5. The van der Waals surface area contributed by atoms with E-state index in [4.69, 9.17) is 4.74 Å². The van der Waals surface area contributed by atoms with Gasteiger partial charge in [0.2, 0.25) is 11.8 Å². The molecule has 1 saturated heterocycles. The quantitative estimate of drug-likeness (QED) is 0.572. The lowest BCUT2D eigenvalue weighted by molar-refractivity contribution is -0.121. The van der Waals surface area contributed by atoms with Crippen molar-refractivity contribution in [2.45, 2.75) is 39.2 Å². The number of piperidine rings is 1. The van der Waals surface area contributed by atoms with Crippen molar-refractivity contribution in [3.8, 4) is 5.88 Å². The number of carbonyl (C=O) groups excluding carboxylic acids is 1. The third kappa shape index (κ3) is 6.20. The molecule has 26 heavy (non-hydrogen) atoms. The van der Waals surface area contributed by atoms with Crippen LogP contribution in [0.2, 0.25) is 0 Å². The predicted molar refractivity (Wildman–Crippen MR) is 103 cm³/mol. The maximum atomic E-state index is 11.5. The molecule has 7 nitrogen and oxygen atoms in total. The van der Waals surface area contributed by atoms with E-state index in [0.29, 0.717) is 31.4 Å². The molecule has 144 valence electrons. The topological polar surface area (TPSA) is 78.8 Å². The Hall–Kier alpha value is -2.31. The smallest absolute Gasteiger partial charge is 0.220 e. The van der Waals surface area contributed by atoms with Gasteiger partial charge in [-0.25, -0.2) is 4.98 Å². The number of hydrogen-bond acceptors (Lipinski definition) is 4. The first-order valence-corrected chi connectivity index (χ1v) is 9.40. The SMILES string of the molecule is CCCOc1ccc(CNC(=NC)N2CCC(CC(=O)NC)CC2)cn1. The summed E-state index contributed by atoms with van der Waals surface area (Å²) in [4.78, 5) is 22.5. The average molecular weight is 361 g/mol. The zero-order chi connectivity index (χ0) is 18.8. The summed E-state index contributed by atoms with van der Waals surface area (Å²) in [5, 5.41) is 6.11. The minimum absolute atomic E-state index is 0.129. The van der Waals surface area contributed by atoms with E-state index in [1.807, 2.05) is 18.3 Å². The number of rotatable bonds is 7. The van der Waals surface area contributed by atoms with Crippen LogP contribution in [0.3, 0.4) is 0 Å². The van der Waals surface area contributed by atoms with Gasteiger partial charge in [-0.3, -0.25) is 9.79 Å². The first-order valence-electron chi connectivity index (χ1n) is 9.40. The summed E-state index contributed by atoms with van der Waals surface area (Å²) in [6.45, 7) is 5.27. The highest BCUT2D eigenvalue weighted by Crippen LogP contribution is 2.20. The van der Waals surface area contributed by atoms with Crippen LogP contribution < -0.4 is 15.4 Å². The van der Waals surface area contributed by atoms with Crippen LogP contribution in [-0.2, 0) is 11.3 Å². The molecule has 1 aliphatic rings. The summed E-state index contributed by atoms with van der Waals surface area (Å²) in [6.07, 6.45) is 5.45. The second kappa shape index (κ2) is 10.6. The Morgan fingerprint density at radius 1 is 1.38 bits per heavy atom. The lowest BCUT2D eigenvalue weighted by atomic mass is 9.93. The predicted octanol–water partition coefficient (Wildman–Crippen LogP) is 1.79. The van der Waals surface area contributed by atoms with Gasteiger partial charge in [0, 0.05) is 52.4 Å². The Balaban J connectivity index is 1.78. The molecule has 1 amide bonds. The molecule has 0 saturated carbocycles. The van der Waals surface area contributed by atoms with Gasteiger partial charge >= 0.3 is 0 Å². The van der Waals surface area contributed by atoms with Crippen LogP contribution in [0.25, 0.3) is 0 Å². The number of hydrogen-bond donors (Lipinski definition) is 2. The molecule has 1 aromatic heterocycles. The van der Waals surface area contributed by atoms with Crippen molar-refractivity contribution in [1.82, 2.24) is 20.5 Å². The summed E-state index contributed by atoms with van der Waals surface area (Å²) in [6, 6.07) is 3.92. The van der Waals surface area contributed by atoms with E-state index in [1.165, 1.54) is 0 Å². The molecule has 2 N–H and O–H groups in total. The third-order valence-corrected chi connectivity index (χ3v) is 4.58. The number of likely N-dealkylation sites (tertiary alicyclic amines) is 1. The summed E-state index contributed by atoms with van der Waals surface area (Å²) in [5.41, 5.74) is 1.09. The monoisotopic (exact) mass is 361 g/mol. The molecule has 0 aliphatic carbocycles. The molecule has 0 atom stereocenters. The van der Waals surface area contributed by atoms with Crippen LogP contribution in [0, 0.1) is 5.92 Å². The Labute approximate surface area is 156 Å². The van der Waals surface area contributed by atoms with E-state index in [9.17, 15) is 4.79 Å². The van der Waals surface area contributed by atoms with E-state index in [2.05, 4.69) is 32.4 Å². The first-order chi connectivity index (χ1) is 12.7. The number of amides is 1. The number of aliphatic imine (C=N–C) groups is 1. The summed E-state index contributed by atoms with van der Waals surface area (Å²) in [7, 11) is 3.50. The maximum Gasteiger partial charge on any atom is 0.220 e. The van der Waals surface area contributed by atoms with Gasteiger partial charge in [-0.15, -0.1) is 0 Å². The van der Waals surface area contributed by atoms with Gasteiger partial charge < -0.3 is 20.3 Å². The molecule has 0 spiro atoms. The van der Waals surface area contributed by atoms with Crippen LogP contribution in [0.1, 0.15) is 38.2 Å². The molecule has 1 aromatic rings. The summed E-state index contributed by atoms with van der Waals surface area (Å²) < 4.78 is 5.51. The second-order valence-electron chi connectivity index (χ2n) is 6.56. The van der Waals surface area contributed by atoms with Crippen molar-refractivity contribution in [3.05, 3.63) is 23.9 Å². The Bertz CT molecular complexity index is 580. The second-order valence-corrected chi connectivity index (χ2v) is 6.56. The number of pyridine rings is 1. The number of nitrogens with one attached hydrogen (secondary N) is 2. The standard InChI is InChI=1S/C19H31N5O2/c1-4-11-26-18-6-5-16(13-22-18)14-23-19(21-3)24-9-7-15(8-10-24)12-17(25)20-2/h5-6,13,15H,4,7-12,14H2,1-3H3,(H,20,25)(H,21,23). The summed E-state index contributed by atoms with van der Waals surface area (Å²) in [5.74, 6) is 2.15. The maximum absolute atomic E-state index is 11.5. The minimum Gasteiger partial charge on any atom is -0.478 e. The van der Waals surface area contributed by atoms with E-state index in [1.54, 1.807) is 14.1 Å². The van der Waals surface area contributed by atoms with Crippen LogP contribution >= 0.6 is 0 Å². The molecular formula is C19H31N5O2. The average Bonchev–Trinajstić information content (AvgIpc) is 2.68. The van der Waals surface area contributed by atoms with Gasteiger partial charge in [0.1, 0.15) is 0 Å². The van der Waals surface area contributed by atoms with Crippen molar-refractivity contribution < 1.29 is 9.53 Å². The molecule has 0 unspecified atom stereocenters. The third-order valence-electron chi connectivity index (χ3n) is 4.58. The summed E-state index contributed by atoms with van der Waals surface area (Å²) >= 11 is 0. The first kappa shape index (κ1) is 20.0. The Morgan fingerprint density at radius 2 is 2.15 bits per heavy atom. The zero-order valence-corrected chi connectivity index (χ0v) is 16.1. The van der Waals surface area contributed by atoms with Gasteiger partial charge in [-0.2, -0.15) is 0 Å². The lowest BCUT2D eigenvalue weighted by Crippen LogP contribution is -2.45. The Morgan fingerprint density at radius 3 is 2.73 bits per heavy atom. The van der Waals surface area contributed by atoms with Gasteiger partial charge in [-0.05, 0) is 30.7 Å².